The van der Waals surface area contributed by atoms with E-state index in [1.165, 1.54) is 37.7 Å². The van der Waals surface area contributed by atoms with Gasteiger partial charge in [0.25, 0.3) is 0 Å². The molecular formula is C17H27N3O. The highest BCUT2D eigenvalue weighted by Gasteiger charge is 2.19. The molecule has 116 valence electrons. The molecule has 1 aliphatic heterocycles. The molecule has 0 spiro atoms. The number of nitrogens with zero attached hydrogens (tertiary/aromatic N) is 2. The van der Waals surface area contributed by atoms with Crippen LogP contribution in [0.2, 0.25) is 0 Å². The third-order valence-corrected chi connectivity index (χ3v) is 4.42. The molecule has 0 aromatic heterocycles. The van der Waals surface area contributed by atoms with Gasteiger partial charge in [0, 0.05) is 24.3 Å². The van der Waals surface area contributed by atoms with Crippen LogP contribution < -0.4 is 10.6 Å². The van der Waals surface area contributed by atoms with E-state index in [0.29, 0.717) is 0 Å². The third kappa shape index (κ3) is 3.90. The van der Waals surface area contributed by atoms with Gasteiger partial charge < -0.3 is 15.8 Å². The van der Waals surface area contributed by atoms with Crippen LogP contribution in [-0.2, 0) is 0 Å². The molecule has 1 unspecified atom stereocenters. The Morgan fingerprint density at radius 1 is 1.38 bits per heavy atom. The summed E-state index contributed by atoms with van der Waals surface area (Å²) in [6.45, 7) is 6.45. The quantitative estimate of drug-likeness (QED) is 0.386. The molecule has 0 amide bonds. The largest absolute Gasteiger partial charge is 0.409 e. The van der Waals surface area contributed by atoms with Crippen molar-refractivity contribution >= 4 is 11.5 Å². The van der Waals surface area contributed by atoms with Crippen LogP contribution in [0.3, 0.4) is 0 Å². The van der Waals surface area contributed by atoms with Crippen LogP contribution in [0.1, 0.15) is 50.2 Å². The number of rotatable bonds is 4. The van der Waals surface area contributed by atoms with Crippen LogP contribution >= 0.6 is 0 Å². The summed E-state index contributed by atoms with van der Waals surface area (Å²) in [5.74, 6) is 1.04. The molecule has 3 N–H and O–H groups in total. The summed E-state index contributed by atoms with van der Waals surface area (Å²) >= 11 is 0. The summed E-state index contributed by atoms with van der Waals surface area (Å²) in [4.78, 5) is 2.40. The first-order valence-corrected chi connectivity index (χ1v) is 7.99. The summed E-state index contributed by atoms with van der Waals surface area (Å²) in [5, 5.41) is 12.2. The Kier molecular flexibility index (Phi) is 5.48. The average Bonchev–Trinajstić information content (AvgIpc) is 2.72. The molecule has 0 radical (unpaired) electrons. The Hall–Kier alpha value is -1.71. The van der Waals surface area contributed by atoms with Crippen molar-refractivity contribution in [2.45, 2.75) is 46.0 Å². The Morgan fingerprint density at radius 3 is 2.90 bits per heavy atom. The number of benzene rings is 1. The molecule has 1 fully saturated rings. The highest BCUT2D eigenvalue weighted by Crippen LogP contribution is 2.28. The lowest BCUT2D eigenvalue weighted by atomic mass is 9.96. The molecule has 1 atom stereocenters. The van der Waals surface area contributed by atoms with Crippen molar-refractivity contribution in [3.63, 3.8) is 0 Å². The molecule has 4 heteroatoms. The summed E-state index contributed by atoms with van der Waals surface area (Å²) in [6.07, 6.45) is 6.36. The third-order valence-electron chi connectivity index (χ3n) is 4.42. The second kappa shape index (κ2) is 7.34. The van der Waals surface area contributed by atoms with Gasteiger partial charge in [0.15, 0.2) is 5.84 Å². The molecule has 1 heterocycles. The van der Waals surface area contributed by atoms with E-state index in [9.17, 15) is 0 Å². The first-order chi connectivity index (χ1) is 10.2. The van der Waals surface area contributed by atoms with Gasteiger partial charge in [-0.05, 0) is 49.8 Å². The molecule has 0 saturated carbocycles. The van der Waals surface area contributed by atoms with Gasteiger partial charge in [-0.25, -0.2) is 0 Å². The van der Waals surface area contributed by atoms with Gasteiger partial charge in [0.05, 0.1) is 0 Å². The fraction of sp³-hybridized carbons (Fsp3) is 0.588. The Bertz CT molecular complexity index is 499. The molecule has 1 aromatic carbocycles. The van der Waals surface area contributed by atoms with Gasteiger partial charge in [-0.15, -0.1) is 0 Å². The fourth-order valence-corrected chi connectivity index (χ4v) is 3.28. The van der Waals surface area contributed by atoms with Crippen molar-refractivity contribution in [2.75, 3.05) is 18.0 Å². The second-order valence-electron chi connectivity index (χ2n) is 6.08. The van der Waals surface area contributed by atoms with Crippen molar-refractivity contribution in [2.24, 2.45) is 16.8 Å². The van der Waals surface area contributed by atoms with Crippen LogP contribution in [0.4, 0.5) is 5.69 Å². The summed E-state index contributed by atoms with van der Waals surface area (Å²) in [6, 6.07) is 6.11. The zero-order chi connectivity index (χ0) is 15.2. The van der Waals surface area contributed by atoms with Gasteiger partial charge >= 0.3 is 0 Å². The van der Waals surface area contributed by atoms with Crippen molar-refractivity contribution in [3.05, 3.63) is 29.3 Å². The number of oxime groups is 1. The molecule has 1 saturated heterocycles. The van der Waals surface area contributed by atoms with Crippen LogP contribution in [-0.4, -0.2) is 24.1 Å². The molecule has 0 aliphatic carbocycles. The van der Waals surface area contributed by atoms with Crippen molar-refractivity contribution in [1.29, 1.82) is 0 Å². The monoisotopic (exact) mass is 289 g/mol. The SMILES string of the molecule is CCCC1CCCN(c2cc(C)ccc2C(N)=NO)CC1. The van der Waals surface area contributed by atoms with Crippen LogP contribution in [0.25, 0.3) is 0 Å². The number of anilines is 1. The first kappa shape index (κ1) is 15.7. The van der Waals surface area contributed by atoms with Gasteiger partial charge in [-0.3, -0.25) is 0 Å². The van der Waals surface area contributed by atoms with E-state index in [0.717, 1.165) is 30.3 Å². The van der Waals surface area contributed by atoms with E-state index in [4.69, 9.17) is 10.9 Å². The van der Waals surface area contributed by atoms with Gasteiger partial charge in [0.1, 0.15) is 0 Å². The van der Waals surface area contributed by atoms with Crippen molar-refractivity contribution < 1.29 is 5.21 Å². The van der Waals surface area contributed by atoms with E-state index >= 15 is 0 Å². The summed E-state index contributed by atoms with van der Waals surface area (Å²) < 4.78 is 0. The highest BCUT2D eigenvalue weighted by molar-refractivity contribution is 6.02. The standard InChI is InChI=1S/C17H27N3O/c1-3-5-14-6-4-10-20(11-9-14)16-12-13(2)7-8-15(16)17(18)19-21/h7-8,12,14,21H,3-6,9-11H2,1-2H3,(H2,18,19). The maximum Gasteiger partial charge on any atom is 0.172 e. The predicted molar refractivity (Wildman–Crippen MR) is 88.2 cm³/mol. The molecule has 1 aliphatic rings. The van der Waals surface area contributed by atoms with Crippen molar-refractivity contribution in [1.82, 2.24) is 0 Å². The Morgan fingerprint density at radius 2 is 2.19 bits per heavy atom. The maximum atomic E-state index is 8.99. The molecule has 1 aromatic rings. The number of hydrogen-bond acceptors (Lipinski definition) is 3. The molecule has 0 bridgehead atoms. The number of nitrogens with two attached hydrogens (primary N) is 1. The minimum atomic E-state index is 0.194. The van der Waals surface area contributed by atoms with E-state index in [-0.39, 0.29) is 5.84 Å². The van der Waals surface area contributed by atoms with E-state index in [1.54, 1.807) is 0 Å². The lowest BCUT2D eigenvalue weighted by Crippen LogP contribution is -2.28. The number of aryl methyl sites for hydroxylation is 1. The fourth-order valence-electron chi connectivity index (χ4n) is 3.28. The summed E-state index contributed by atoms with van der Waals surface area (Å²) in [5.41, 5.74) is 8.97. The maximum absolute atomic E-state index is 8.99. The van der Waals surface area contributed by atoms with Crippen LogP contribution in [0.5, 0.6) is 0 Å². The molecule has 4 nitrogen and oxygen atoms in total. The molecule has 2 rings (SSSR count). The second-order valence-corrected chi connectivity index (χ2v) is 6.08. The van der Waals surface area contributed by atoms with Crippen LogP contribution in [0, 0.1) is 12.8 Å². The smallest absolute Gasteiger partial charge is 0.172 e. The summed E-state index contributed by atoms with van der Waals surface area (Å²) in [7, 11) is 0. The predicted octanol–water partition coefficient (Wildman–Crippen LogP) is 3.50. The zero-order valence-corrected chi connectivity index (χ0v) is 13.2. The van der Waals surface area contributed by atoms with Crippen molar-refractivity contribution in [3.8, 4) is 0 Å². The average molecular weight is 289 g/mol. The normalized spacial score (nSPS) is 20.4. The topological polar surface area (TPSA) is 61.8 Å². The van der Waals surface area contributed by atoms with Gasteiger partial charge in [-0.2, -0.15) is 0 Å². The van der Waals surface area contributed by atoms with E-state index in [1.807, 2.05) is 12.1 Å². The van der Waals surface area contributed by atoms with E-state index < -0.39 is 0 Å². The van der Waals surface area contributed by atoms with Crippen LogP contribution in [0.15, 0.2) is 23.4 Å². The van der Waals surface area contributed by atoms with Gasteiger partial charge in [-0.1, -0.05) is 31.0 Å². The number of hydrogen-bond donors (Lipinski definition) is 2. The lowest BCUT2D eigenvalue weighted by molar-refractivity contribution is 0.318. The number of amidine groups is 1. The van der Waals surface area contributed by atoms with E-state index in [2.05, 4.69) is 30.0 Å². The zero-order valence-electron chi connectivity index (χ0n) is 13.2. The first-order valence-electron chi connectivity index (χ1n) is 7.99. The Balaban J connectivity index is 2.22. The Labute approximate surface area is 127 Å². The lowest BCUT2D eigenvalue weighted by Gasteiger charge is -2.26. The molecular weight excluding hydrogens is 262 g/mol. The minimum Gasteiger partial charge on any atom is -0.409 e. The van der Waals surface area contributed by atoms with Gasteiger partial charge in [0.2, 0.25) is 0 Å². The highest BCUT2D eigenvalue weighted by atomic mass is 16.4. The molecule has 21 heavy (non-hydrogen) atoms. The minimum absolute atomic E-state index is 0.194.